The van der Waals surface area contributed by atoms with Gasteiger partial charge in [0.2, 0.25) is 0 Å². The number of nitrogens with two attached hydrogens (primary N) is 1. The van der Waals surface area contributed by atoms with Crippen molar-refractivity contribution in [2.24, 2.45) is 5.73 Å². The van der Waals surface area contributed by atoms with E-state index in [1.54, 1.807) is 0 Å². The lowest BCUT2D eigenvalue weighted by molar-refractivity contribution is 0.141. The fourth-order valence-corrected chi connectivity index (χ4v) is 3.79. The summed E-state index contributed by atoms with van der Waals surface area (Å²) in [4.78, 5) is 18.4. The number of amides is 2. The lowest BCUT2D eigenvalue weighted by Crippen LogP contribution is -2.50. The van der Waals surface area contributed by atoms with Gasteiger partial charge in [0, 0.05) is 51.0 Å². The maximum Gasteiger partial charge on any atom is 0.315 e. The van der Waals surface area contributed by atoms with Crippen LogP contribution in [0.3, 0.4) is 0 Å². The molecule has 1 atom stereocenters. The third-order valence-corrected chi connectivity index (χ3v) is 5.18. The van der Waals surface area contributed by atoms with Crippen LogP contribution in [0.5, 0.6) is 0 Å². The maximum absolute atomic E-state index is 11.5. The minimum atomic E-state index is -0.247. The standard InChI is InChI=1S/C18H28N4O/c19-18(23)22-10-5-4-8-17(22)9-11-20-12-14-21(15-13-20)16-6-2-1-3-7-16/h1-3,6-7,17H,4-5,8-15H2,(H2,19,23). The Hall–Kier alpha value is -1.75. The molecule has 5 nitrogen and oxygen atoms in total. The number of piperazine rings is 1. The highest BCUT2D eigenvalue weighted by Crippen LogP contribution is 2.21. The number of carbonyl (C=O) groups is 1. The number of para-hydroxylation sites is 1. The number of hydrogen-bond donors (Lipinski definition) is 1. The van der Waals surface area contributed by atoms with Crippen molar-refractivity contribution in [2.75, 3.05) is 44.2 Å². The summed E-state index contributed by atoms with van der Waals surface area (Å²) in [5.41, 5.74) is 6.83. The Morgan fingerprint density at radius 3 is 2.48 bits per heavy atom. The number of anilines is 1. The maximum atomic E-state index is 11.5. The van der Waals surface area contributed by atoms with E-state index in [2.05, 4.69) is 40.1 Å². The Kier molecular flexibility index (Phi) is 5.39. The smallest absolute Gasteiger partial charge is 0.315 e. The summed E-state index contributed by atoms with van der Waals surface area (Å²) in [6.45, 7) is 6.25. The summed E-state index contributed by atoms with van der Waals surface area (Å²) in [6.07, 6.45) is 4.46. The van der Waals surface area contributed by atoms with Gasteiger partial charge in [0.15, 0.2) is 0 Å². The zero-order valence-corrected chi connectivity index (χ0v) is 13.9. The van der Waals surface area contributed by atoms with Crippen molar-refractivity contribution in [3.05, 3.63) is 30.3 Å². The fraction of sp³-hybridized carbons (Fsp3) is 0.611. The zero-order valence-electron chi connectivity index (χ0n) is 13.9. The van der Waals surface area contributed by atoms with E-state index in [9.17, 15) is 4.79 Å². The van der Waals surface area contributed by atoms with Crippen LogP contribution in [0.1, 0.15) is 25.7 Å². The molecule has 0 aromatic heterocycles. The summed E-state index contributed by atoms with van der Waals surface area (Å²) >= 11 is 0. The largest absolute Gasteiger partial charge is 0.369 e. The van der Waals surface area contributed by atoms with E-state index in [4.69, 9.17) is 5.73 Å². The molecule has 2 aliphatic rings. The minimum absolute atomic E-state index is 0.247. The van der Waals surface area contributed by atoms with E-state index in [0.29, 0.717) is 6.04 Å². The van der Waals surface area contributed by atoms with Gasteiger partial charge in [0.1, 0.15) is 0 Å². The van der Waals surface area contributed by atoms with Crippen LogP contribution in [0.15, 0.2) is 30.3 Å². The van der Waals surface area contributed by atoms with Crippen LogP contribution >= 0.6 is 0 Å². The second kappa shape index (κ2) is 7.68. The third-order valence-electron chi connectivity index (χ3n) is 5.18. The van der Waals surface area contributed by atoms with Gasteiger partial charge in [-0.25, -0.2) is 4.79 Å². The molecule has 0 saturated carbocycles. The molecule has 5 heteroatoms. The van der Waals surface area contributed by atoms with E-state index in [1.165, 1.54) is 12.1 Å². The number of primary amides is 1. The van der Waals surface area contributed by atoms with Gasteiger partial charge in [-0.15, -0.1) is 0 Å². The number of likely N-dealkylation sites (tertiary alicyclic amines) is 1. The number of hydrogen-bond acceptors (Lipinski definition) is 3. The first-order valence-electron chi connectivity index (χ1n) is 8.82. The van der Waals surface area contributed by atoms with Crippen molar-refractivity contribution in [1.29, 1.82) is 0 Å². The topological polar surface area (TPSA) is 52.8 Å². The highest BCUT2D eigenvalue weighted by atomic mass is 16.2. The molecule has 3 rings (SSSR count). The van der Waals surface area contributed by atoms with Gasteiger partial charge in [0.05, 0.1) is 0 Å². The molecule has 0 radical (unpaired) electrons. The zero-order chi connectivity index (χ0) is 16.1. The fourth-order valence-electron chi connectivity index (χ4n) is 3.79. The second-order valence-electron chi connectivity index (χ2n) is 6.63. The minimum Gasteiger partial charge on any atom is -0.369 e. The molecule has 1 aromatic carbocycles. The molecular formula is C18H28N4O. The molecule has 2 saturated heterocycles. The summed E-state index contributed by atoms with van der Waals surface area (Å²) in [7, 11) is 0. The Morgan fingerprint density at radius 1 is 1.04 bits per heavy atom. The predicted molar refractivity (Wildman–Crippen MR) is 93.6 cm³/mol. The molecule has 1 aromatic rings. The van der Waals surface area contributed by atoms with Crippen molar-refractivity contribution in [3.63, 3.8) is 0 Å². The summed E-state index contributed by atoms with van der Waals surface area (Å²) in [5.74, 6) is 0. The number of nitrogens with zero attached hydrogens (tertiary/aromatic N) is 3. The molecule has 0 spiro atoms. The van der Waals surface area contributed by atoms with Crippen molar-refractivity contribution < 1.29 is 4.79 Å². The predicted octanol–water partition coefficient (Wildman–Crippen LogP) is 2.13. The van der Waals surface area contributed by atoms with E-state index < -0.39 is 0 Å². The molecular weight excluding hydrogens is 288 g/mol. The van der Waals surface area contributed by atoms with E-state index in [0.717, 1.165) is 58.5 Å². The van der Waals surface area contributed by atoms with Crippen LogP contribution < -0.4 is 10.6 Å². The van der Waals surface area contributed by atoms with Gasteiger partial charge in [0.25, 0.3) is 0 Å². The third kappa shape index (κ3) is 4.16. The summed E-state index contributed by atoms with van der Waals surface area (Å²) < 4.78 is 0. The Labute approximate surface area is 139 Å². The first-order chi connectivity index (χ1) is 11.2. The lowest BCUT2D eigenvalue weighted by Gasteiger charge is -2.39. The molecule has 2 aliphatic heterocycles. The Balaban J connectivity index is 1.44. The highest BCUT2D eigenvalue weighted by Gasteiger charge is 2.26. The average Bonchev–Trinajstić information content (AvgIpc) is 2.61. The van der Waals surface area contributed by atoms with Crippen LogP contribution in [0.4, 0.5) is 10.5 Å². The first kappa shape index (κ1) is 16.1. The monoisotopic (exact) mass is 316 g/mol. The number of carbonyl (C=O) groups excluding carboxylic acids is 1. The molecule has 0 bridgehead atoms. The Bertz CT molecular complexity index is 499. The van der Waals surface area contributed by atoms with Gasteiger partial charge in [-0.2, -0.15) is 0 Å². The molecule has 1 unspecified atom stereocenters. The molecule has 0 aliphatic carbocycles. The van der Waals surface area contributed by atoms with Gasteiger partial charge in [-0.05, 0) is 37.8 Å². The molecule has 2 heterocycles. The highest BCUT2D eigenvalue weighted by molar-refractivity contribution is 5.72. The van der Waals surface area contributed by atoms with Gasteiger partial charge < -0.3 is 15.5 Å². The Morgan fingerprint density at radius 2 is 1.78 bits per heavy atom. The van der Waals surface area contributed by atoms with Gasteiger partial charge in [-0.1, -0.05) is 18.2 Å². The number of benzene rings is 1. The normalized spacial score (nSPS) is 23.0. The number of urea groups is 1. The SMILES string of the molecule is NC(=O)N1CCCCC1CCN1CCN(c2ccccc2)CC1. The van der Waals surface area contributed by atoms with Crippen LogP contribution in [0.25, 0.3) is 0 Å². The molecule has 2 N–H and O–H groups in total. The molecule has 2 fully saturated rings. The van der Waals surface area contributed by atoms with Crippen LogP contribution in [-0.4, -0.2) is 61.1 Å². The summed E-state index contributed by atoms with van der Waals surface area (Å²) in [6, 6.07) is 10.7. The number of piperidine rings is 1. The van der Waals surface area contributed by atoms with Crippen molar-refractivity contribution >= 4 is 11.7 Å². The van der Waals surface area contributed by atoms with Crippen molar-refractivity contribution in [3.8, 4) is 0 Å². The van der Waals surface area contributed by atoms with Gasteiger partial charge >= 0.3 is 6.03 Å². The van der Waals surface area contributed by atoms with Crippen LogP contribution in [0.2, 0.25) is 0 Å². The molecule has 23 heavy (non-hydrogen) atoms. The number of rotatable bonds is 4. The second-order valence-corrected chi connectivity index (χ2v) is 6.63. The van der Waals surface area contributed by atoms with E-state index >= 15 is 0 Å². The summed E-state index contributed by atoms with van der Waals surface area (Å²) in [5, 5.41) is 0. The molecule has 2 amide bonds. The molecule has 126 valence electrons. The van der Waals surface area contributed by atoms with E-state index in [1.807, 2.05) is 4.90 Å². The van der Waals surface area contributed by atoms with Crippen molar-refractivity contribution in [2.45, 2.75) is 31.7 Å². The lowest BCUT2D eigenvalue weighted by atomic mass is 9.99. The average molecular weight is 316 g/mol. The van der Waals surface area contributed by atoms with Crippen LogP contribution in [0, 0.1) is 0 Å². The first-order valence-corrected chi connectivity index (χ1v) is 8.82. The van der Waals surface area contributed by atoms with E-state index in [-0.39, 0.29) is 6.03 Å². The van der Waals surface area contributed by atoms with Crippen molar-refractivity contribution in [1.82, 2.24) is 9.80 Å². The van der Waals surface area contributed by atoms with Gasteiger partial charge in [-0.3, -0.25) is 4.90 Å². The quantitative estimate of drug-likeness (QED) is 0.926. The van der Waals surface area contributed by atoms with Crippen LogP contribution in [-0.2, 0) is 0 Å².